The molecule has 34 heavy (non-hydrogen) atoms. The third-order valence-electron chi connectivity index (χ3n) is 6.67. The molecule has 0 aliphatic carbocycles. The zero-order valence-corrected chi connectivity index (χ0v) is 20.6. The summed E-state index contributed by atoms with van der Waals surface area (Å²) < 4.78 is 5.79. The molecule has 2 aliphatic heterocycles. The molecule has 0 spiro atoms. The number of amides is 2. The molecular formula is C27H34ClN3O3. The maximum absolute atomic E-state index is 13.2. The molecule has 2 aliphatic rings. The van der Waals surface area contributed by atoms with Crippen LogP contribution in [0.1, 0.15) is 51.9 Å². The molecule has 4 rings (SSSR count). The maximum Gasteiger partial charge on any atom is 0.251 e. The molecule has 1 unspecified atom stereocenters. The fourth-order valence-electron chi connectivity index (χ4n) is 4.72. The van der Waals surface area contributed by atoms with Crippen LogP contribution in [0, 0.1) is 0 Å². The van der Waals surface area contributed by atoms with E-state index in [9.17, 15) is 9.59 Å². The molecule has 182 valence electrons. The highest BCUT2D eigenvalue weighted by atomic mass is 35.5. The van der Waals surface area contributed by atoms with Crippen molar-refractivity contribution >= 4 is 34.8 Å². The molecule has 7 heteroatoms. The summed E-state index contributed by atoms with van der Waals surface area (Å²) in [6.45, 7) is 4.44. The van der Waals surface area contributed by atoms with Crippen LogP contribution in [0.4, 0.5) is 11.4 Å². The first-order chi connectivity index (χ1) is 16.5. The van der Waals surface area contributed by atoms with Gasteiger partial charge in [0.1, 0.15) is 5.75 Å². The second-order valence-electron chi connectivity index (χ2n) is 9.15. The van der Waals surface area contributed by atoms with E-state index in [4.69, 9.17) is 16.3 Å². The monoisotopic (exact) mass is 483 g/mol. The van der Waals surface area contributed by atoms with Crippen LogP contribution < -0.4 is 15.0 Å². The molecule has 2 heterocycles. The first kappa shape index (κ1) is 24.6. The van der Waals surface area contributed by atoms with Crippen molar-refractivity contribution in [2.75, 3.05) is 29.9 Å². The number of carbonyl (C=O) groups excluding carboxylic acids is 2. The number of rotatable bonds is 10. The quantitative estimate of drug-likeness (QED) is 0.356. The molecule has 6 nitrogen and oxygen atoms in total. The van der Waals surface area contributed by atoms with E-state index in [1.807, 2.05) is 48.5 Å². The molecule has 1 atom stereocenters. The second-order valence-corrected chi connectivity index (χ2v) is 9.59. The minimum atomic E-state index is -0.376. The van der Waals surface area contributed by atoms with E-state index in [-0.39, 0.29) is 24.3 Å². The molecular weight excluding hydrogens is 450 g/mol. The predicted octanol–water partition coefficient (Wildman–Crippen LogP) is 5.51. The third-order valence-corrected chi connectivity index (χ3v) is 6.92. The van der Waals surface area contributed by atoms with Gasteiger partial charge >= 0.3 is 0 Å². The number of hydrogen-bond donors (Lipinski definition) is 1. The standard InChI is InChI=1S/C27H34ClN3O3/c1-2-3-4-5-18-34-24-12-10-23(11-13-24)31-26(32)19-25(27(31)33)30-16-14-22(15-17-30)29-21-8-6-20(28)7-9-21/h6-13,22,25,29H,2-5,14-19H2,1H3. The first-order valence-electron chi connectivity index (χ1n) is 12.4. The van der Waals surface area contributed by atoms with Crippen LogP contribution in [0.15, 0.2) is 48.5 Å². The number of halogens is 1. The van der Waals surface area contributed by atoms with Gasteiger partial charge in [-0.2, -0.15) is 0 Å². The number of nitrogens with one attached hydrogen (secondary N) is 1. The maximum atomic E-state index is 13.2. The van der Waals surface area contributed by atoms with Gasteiger partial charge in [0.15, 0.2) is 0 Å². The number of piperidine rings is 1. The highest BCUT2D eigenvalue weighted by Gasteiger charge is 2.43. The summed E-state index contributed by atoms with van der Waals surface area (Å²) in [4.78, 5) is 29.4. The number of carbonyl (C=O) groups is 2. The number of benzene rings is 2. The van der Waals surface area contributed by atoms with Crippen LogP contribution in [-0.2, 0) is 9.59 Å². The average molecular weight is 484 g/mol. The van der Waals surface area contributed by atoms with Gasteiger partial charge < -0.3 is 10.1 Å². The SMILES string of the molecule is CCCCCCOc1ccc(N2C(=O)CC(N3CCC(Nc4ccc(Cl)cc4)CC3)C2=O)cc1. The van der Waals surface area contributed by atoms with Crippen LogP contribution >= 0.6 is 11.6 Å². The van der Waals surface area contributed by atoms with E-state index < -0.39 is 0 Å². The summed E-state index contributed by atoms with van der Waals surface area (Å²) >= 11 is 5.97. The molecule has 2 fully saturated rings. The number of ether oxygens (including phenoxy) is 1. The van der Waals surface area contributed by atoms with Crippen molar-refractivity contribution in [2.24, 2.45) is 0 Å². The topological polar surface area (TPSA) is 61.9 Å². The number of likely N-dealkylation sites (tertiary alicyclic amines) is 1. The Bertz CT molecular complexity index is 956. The van der Waals surface area contributed by atoms with E-state index in [2.05, 4.69) is 17.1 Å². The number of unbranched alkanes of at least 4 members (excludes halogenated alkanes) is 3. The Balaban J connectivity index is 1.28. The zero-order valence-electron chi connectivity index (χ0n) is 19.8. The van der Waals surface area contributed by atoms with E-state index in [0.717, 1.165) is 48.8 Å². The normalized spacial score (nSPS) is 19.6. The number of hydrogen-bond acceptors (Lipinski definition) is 5. The third kappa shape index (κ3) is 6.10. The highest BCUT2D eigenvalue weighted by molar-refractivity contribution is 6.30. The highest BCUT2D eigenvalue weighted by Crippen LogP contribution is 2.29. The Morgan fingerprint density at radius 3 is 2.35 bits per heavy atom. The van der Waals surface area contributed by atoms with Crippen LogP contribution in [0.25, 0.3) is 0 Å². The molecule has 1 N–H and O–H groups in total. The average Bonchev–Trinajstić information content (AvgIpc) is 3.15. The lowest BCUT2D eigenvalue weighted by molar-refractivity contribution is -0.123. The van der Waals surface area contributed by atoms with Gasteiger partial charge in [0.05, 0.1) is 24.8 Å². The lowest BCUT2D eigenvalue weighted by Crippen LogP contribution is -2.48. The molecule has 2 aromatic carbocycles. The molecule has 2 aromatic rings. The van der Waals surface area contributed by atoms with Crippen molar-refractivity contribution in [3.05, 3.63) is 53.6 Å². The number of anilines is 2. The summed E-state index contributed by atoms with van der Waals surface area (Å²) in [7, 11) is 0. The Kier molecular flexibility index (Phi) is 8.46. The smallest absolute Gasteiger partial charge is 0.251 e. The summed E-state index contributed by atoms with van der Waals surface area (Å²) in [6, 6.07) is 15.0. The van der Waals surface area contributed by atoms with E-state index in [0.29, 0.717) is 18.3 Å². The van der Waals surface area contributed by atoms with Gasteiger partial charge in [-0.05, 0) is 67.8 Å². The first-order valence-corrected chi connectivity index (χ1v) is 12.8. The van der Waals surface area contributed by atoms with Crippen molar-refractivity contribution in [1.82, 2.24) is 4.90 Å². The van der Waals surface area contributed by atoms with Gasteiger partial charge in [-0.25, -0.2) is 4.90 Å². The lowest BCUT2D eigenvalue weighted by Gasteiger charge is -2.35. The molecule has 0 aromatic heterocycles. The van der Waals surface area contributed by atoms with Gasteiger partial charge in [-0.15, -0.1) is 0 Å². The Morgan fingerprint density at radius 2 is 1.68 bits per heavy atom. The zero-order chi connectivity index (χ0) is 23.9. The second kappa shape index (κ2) is 11.7. The number of nitrogens with zero attached hydrogens (tertiary/aromatic N) is 2. The van der Waals surface area contributed by atoms with Crippen molar-refractivity contribution < 1.29 is 14.3 Å². The van der Waals surface area contributed by atoms with Gasteiger partial charge in [0.2, 0.25) is 5.91 Å². The van der Waals surface area contributed by atoms with Crippen LogP contribution in [0.2, 0.25) is 5.02 Å². The fourth-order valence-corrected chi connectivity index (χ4v) is 4.85. The largest absolute Gasteiger partial charge is 0.494 e. The molecule has 0 saturated carbocycles. The van der Waals surface area contributed by atoms with Gasteiger partial charge in [0, 0.05) is 29.8 Å². The Morgan fingerprint density at radius 1 is 0.971 bits per heavy atom. The minimum Gasteiger partial charge on any atom is -0.494 e. The summed E-state index contributed by atoms with van der Waals surface area (Å²) in [5.41, 5.74) is 1.67. The van der Waals surface area contributed by atoms with Gasteiger partial charge in [-0.3, -0.25) is 14.5 Å². The Labute approximate surface area is 207 Å². The Hall–Kier alpha value is -2.57. The summed E-state index contributed by atoms with van der Waals surface area (Å²) in [5, 5.41) is 4.27. The number of imide groups is 1. The van der Waals surface area contributed by atoms with Crippen molar-refractivity contribution in [1.29, 1.82) is 0 Å². The summed E-state index contributed by atoms with van der Waals surface area (Å²) in [5.74, 6) is 0.512. The fraction of sp³-hybridized carbons (Fsp3) is 0.481. The van der Waals surface area contributed by atoms with Gasteiger partial charge in [0.25, 0.3) is 5.91 Å². The van der Waals surface area contributed by atoms with E-state index >= 15 is 0 Å². The van der Waals surface area contributed by atoms with Crippen LogP contribution in [0.3, 0.4) is 0 Å². The van der Waals surface area contributed by atoms with Crippen LogP contribution in [0.5, 0.6) is 5.75 Å². The van der Waals surface area contributed by atoms with Crippen molar-refractivity contribution in [3.8, 4) is 5.75 Å². The molecule has 0 bridgehead atoms. The van der Waals surface area contributed by atoms with Crippen molar-refractivity contribution in [2.45, 2.75) is 64.0 Å². The molecule has 2 amide bonds. The minimum absolute atomic E-state index is 0.123. The van der Waals surface area contributed by atoms with Crippen molar-refractivity contribution in [3.63, 3.8) is 0 Å². The lowest BCUT2D eigenvalue weighted by atomic mass is 10.0. The van der Waals surface area contributed by atoms with Gasteiger partial charge in [-0.1, -0.05) is 37.8 Å². The van der Waals surface area contributed by atoms with E-state index in [1.165, 1.54) is 24.2 Å². The molecule has 0 radical (unpaired) electrons. The predicted molar refractivity (Wildman–Crippen MR) is 137 cm³/mol. The summed E-state index contributed by atoms with van der Waals surface area (Å²) in [6.07, 6.45) is 6.71. The molecule has 2 saturated heterocycles. The van der Waals surface area contributed by atoms with Crippen LogP contribution in [-0.4, -0.2) is 48.5 Å². The van der Waals surface area contributed by atoms with E-state index in [1.54, 1.807) is 0 Å².